The van der Waals surface area contributed by atoms with Crippen molar-refractivity contribution in [2.45, 2.75) is 39.3 Å². The van der Waals surface area contributed by atoms with Gasteiger partial charge in [0.15, 0.2) is 0 Å². The Hall–Kier alpha value is -3.08. The second-order valence-corrected chi connectivity index (χ2v) is 7.84. The van der Waals surface area contributed by atoms with Crippen LogP contribution >= 0.6 is 0 Å². The summed E-state index contributed by atoms with van der Waals surface area (Å²) in [6, 6.07) is 16.8. The lowest BCUT2D eigenvalue weighted by Crippen LogP contribution is -2.52. The van der Waals surface area contributed by atoms with E-state index in [2.05, 4.69) is 22.4 Å². The molecule has 5 nitrogen and oxygen atoms in total. The number of fused-ring (bicyclic) bond motifs is 3. The van der Waals surface area contributed by atoms with Gasteiger partial charge >= 0.3 is 0 Å². The topological polar surface area (TPSA) is 65.2 Å². The molecule has 1 aromatic heterocycles. The van der Waals surface area contributed by atoms with Crippen molar-refractivity contribution < 1.29 is 9.59 Å². The summed E-state index contributed by atoms with van der Waals surface area (Å²) in [6.45, 7) is 5.31. The summed E-state index contributed by atoms with van der Waals surface area (Å²) in [5, 5.41) is 4.17. The van der Waals surface area contributed by atoms with Crippen LogP contribution in [0.2, 0.25) is 0 Å². The van der Waals surface area contributed by atoms with Gasteiger partial charge in [-0.3, -0.25) is 9.59 Å². The van der Waals surface area contributed by atoms with Crippen LogP contribution in [0.3, 0.4) is 0 Å². The van der Waals surface area contributed by atoms with Gasteiger partial charge in [-0.2, -0.15) is 0 Å². The summed E-state index contributed by atoms with van der Waals surface area (Å²) >= 11 is 0. The van der Waals surface area contributed by atoms with Crippen LogP contribution in [0.1, 0.15) is 41.9 Å². The Labute approximate surface area is 171 Å². The standard InChI is InChI=1S/C24H27N3O2/c1-3-16(2)22(26-23(28)17-9-5-4-6-10-17)24(29)27-14-13-21-19(15-27)18-11-7-8-12-20(18)25-21/h4-12,16,22,25H,3,13-15H2,1-2H3,(H,26,28). The van der Waals surface area contributed by atoms with Crippen molar-refractivity contribution in [3.63, 3.8) is 0 Å². The van der Waals surface area contributed by atoms with Crippen LogP contribution in [0.4, 0.5) is 0 Å². The van der Waals surface area contributed by atoms with Crippen LogP contribution in [0.15, 0.2) is 54.6 Å². The molecule has 0 bridgehead atoms. The SMILES string of the molecule is CCC(C)C(NC(=O)c1ccccc1)C(=O)N1CCc2[nH]c3ccccc3c2C1. The monoisotopic (exact) mass is 389 g/mol. The van der Waals surface area contributed by atoms with Gasteiger partial charge in [-0.05, 0) is 24.1 Å². The molecule has 150 valence electrons. The largest absolute Gasteiger partial charge is 0.358 e. The number of rotatable bonds is 5. The number of hydrogen-bond donors (Lipinski definition) is 2. The lowest BCUT2D eigenvalue weighted by molar-refractivity contribution is -0.135. The van der Waals surface area contributed by atoms with Crippen molar-refractivity contribution >= 4 is 22.7 Å². The number of carbonyl (C=O) groups excluding carboxylic acids is 2. The van der Waals surface area contributed by atoms with Gasteiger partial charge < -0.3 is 15.2 Å². The number of aromatic nitrogens is 1. The number of nitrogens with zero attached hydrogens (tertiary/aromatic N) is 1. The molecule has 0 aliphatic carbocycles. The van der Waals surface area contributed by atoms with E-state index in [1.54, 1.807) is 12.1 Å². The predicted molar refractivity (Wildman–Crippen MR) is 115 cm³/mol. The van der Waals surface area contributed by atoms with Gasteiger partial charge in [0.05, 0.1) is 0 Å². The zero-order valence-corrected chi connectivity index (χ0v) is 16.9. The number of amides is 2. The molecule has 0 saturated heterocycles. The highest BCUT2D eigenvalue weighted by molar-refractivity contribution is 5.97. The average Bonchev–Trinajstić information content (AvgIpc) is 3.14. The summed E-state index contributed by atoms with van der Waals surface area (Å²) in [7, 11) is 0. The molecule has 29 heavy (non-hydrogen) atoms. The lowest BCUT2D eigenvalue weighted by Gasteiger charge is -2.33. The number of nitrogens with one attached hydrogen (secondary N) is 2. The Morgan fingerprint density at radius 2 is 1.83 bits per heavy atom. The van der Waals surface area contributed by atoms with Crippen molar-refractivity contribution in [3.8, 4) is 0 Å². The Kier molecular flexibility index (Phi) is 5.38. The highest BCUT2D eigenvalue weighted by Gasteiger charge is 2.32. The molecule has 0 spiro atoms. The molecular weight excluding hydrogens is 362 g/mol. The first-order valence-corrected chi connectivity index (χ1v) is 10.3. The third kappa shape index (κ3) is 3.77. The molecule has 3 aromatic rings. The van der Waals surface area contributed by atoms with Crippen LogP contribution in [0.25, 0.3) is 10.9 Å². The maximum atomic E-state index is 13.4. The molecule has 2 atom stereocenters. The van der Waals surface area contributed by atoms with Gasteiger partial charge in [0.25, 0.3) is 5.91 Å². The zero-order chi connectivity index (χ0) is 20.4. The highest BCUT2D eigenvalue weighted by Crippen LogP contribution is 2.28. The van der Waals surface area contributed by atoms with E-state index in [1.807, 2.05) is 49.1 Å². The fourth-order valence-electron chi connectivity index (χ4n) is 4.05. The minimum atomic E-state index is -0.528. The molecule has 0 saturated carbocycles. The van der Waals surface area contributed by atoms with E-state index in [4.69, 9.17) is 0 Å². The Morgan fingerprint density at radius 1 is 1.10 bits per heavy atom. The van der Waals surface area contributed by atoms with E-state index in [9.17, 15) is 9.59 Å². The molecule has 4 rings (SSSR count). The minimum absolute atomic E-state index is 0.000405. The third-order valence-corrected chi connectivity index (χ3v) is 6.00. The van der Waals surface area contributed by atoms with E-state index in [1.165, 1.54) is 16.6 Å². The van der Waals surface area contributed by atoms with Crippen LogP contribution in [-0.2, 0) is 17.8 Å². The molecule has 2 amide bonds. The van der Waals surface area contributed by atoms with Crippen molar-refractivity contribution in [1.29, 1.82) is 0 Å². The van der Waals surface area contributed by atoms with Gasteiger partial charge in [0, 0.05) is 47.2 Å². The van der Waals surface area contributed by atoms with E-state index in [-0.39, 0.29) is 17.7 Å². The van der Waals surface area contributed by atoms with E-state index in [0.29, 0.717) is 18.7 Å². The van der Waals surface area contributed by atoms with Crippen LogP contribution in [0, 0.1) is 5.92 Å². The summed E-state index contributed by atoms with van der Waals surface area (Å²) in [5.41, 5.74) is 4.09. The van der Waals surface area contributed by atoms with Crippen LogP contribution < -0.4 is 5.32 Å². The van der Waals surface area contributed by atoms with E-state index in [0.717, 1.165) is 18.4 Å². The maximum absolute atomic E-state index is 13.4. The molecule has 2 heterocycles. The Morgan fingerprint density at radius 3 is 2.59 bits per heavy atom. The van der Waals surface area contributed by atoms with Gasteiger partial charge in [-0.15, -0.1) is 0 Å². The summed E-state index contributed by atoms with van der Waals surface area (Å²) in [6.07, 6.45) is 1.62. The second kappa shape index (κ2) is 8.11. The van der Waals surface area contributed by atoms with E-state index < -0.39 is 6.04 Å². The zero-order valence-electron chi connectivity index (χ0n) is 16.9. The number of hydrogen-bond acceptors (Lipinski definition) is 2. The first-order valence-electron chi connectivity index (χ1n) is 10.3. The number of aromatic amines is 1. The lowest BCUT2D eigenvalue weighted by atomic mass is 9.95. The third-order valence-electron chi connectivity index (χ3n) is 6.00. The van der Waals surface area contributed by atoms with Crippen LogP contribution in [0.5, 0.6) is 0 Å². The molecule has 2 N–H and O–H groups in total. The minimum Gasteiger partial charge on any atom is -0.358 e. The fraction of sp³-hybridized carbons (Fsp3) is 0.333. The van der Waals surface area contributed by atoms with Gasteiger partial charge in [0.1, 0.15) is 6.04 Å². The molecule has 1 aliphatic rings. The van der Waals surface area contributed by atoms with Gasteiger partial charge in [0.2, 0.25) is 5.91 Å². The maximum Gasteiger partial charge on any atom is 0.251 e. The Bertz CT molecular complexity index is 1030. The normalized spacial score (nSPS) is 15.6. The molecule has 2 aromatic carbocycles. The predicted octanol–water partition coefficient (Wildman–Crippen LogP) is 3.90. The first kappa shape index (κ1) is 19.2. The van der Waals surface area contributed by atoms with Crippen LogP contribution in [-0.4, -0.2) is 34.3 Å². The molecule has 0 fully saturated rings. The molecular formula is C24H27N3O2. The quantitative estimate of drug-likeness (QED) is 0.695. The Balaban J connectivity index is 1.56. The summed E-state index contributed by atoms with van der Waals surface area (Å²) in [4.78, 5) is 31.5. The number of benzene rings is 2. The summed E-state index contributed by atoms with van der Waals surface area (Å²) < 4.78 is 0. The van der Waals surface area contributed by atoms with Crippen molar-refractivity contribution in [3.05, 3.63) is 71.4 Å². The van der Waals surface area contributed by atoms with Crippen molar-refractivity contribution in [1.82, 2.24) is 15.2 Å². The first-order chi connectivity index (χ1) is 14.1. The van der Waals surface area contributed by atoms with Crippen molar-refractivity contribution in [2.75, 3.05) is 6.54 Å². The highest BCUT2D eigenvalue weighted by atomic mass is 16.2. The molecule has 5 heteroatoms. The van der Waals surface area contributed by atoms with Gasteiger partial charge in [-0.25, -0.2) is 0 Å². The number of carbonyl (C=O) groups is 2. The van der Waals surface area contributed by atoms with Crippen molar-refractivity contribution in [2.24, 2.45) is 5.92 Å². The molecule has 1 aliphatic heterocycles. The van der Waals surface area contributed by atoms with Gasteiger partial charge in [-0.1, -0.05) is 56.7 Å². The average molecular weight is 389 g/mol. The van der Waals surface area contributed by atoms with E-state index >= 15 is 0 Å². The smallest absolute Gasteiger partial charge is 0.251 e. The molecule has 0 radical (unpaired) electrons. The number of para-hydroxylation sites is 1. The summed E-state index contributed by atoms with van der Waals surface area (Å²) in [5.74, 6) is -0.145. The number of H-pyrrole nitrogens is 1. The molecule has 2 unspecified atom stereocenters. The second-order valence-electron chi connectivity index (χ2n) is 7.84. The fourth-order valence-corrected chi connectivity index (χ4v) is 4.05.